The summed E-state index contributed by atoms with van der Waals surface area (Å²) in [5.41, 5.74) is 2.61. The van der Waals surface area contributed by atoms with E-state index in [1.54, 1.807) is 0 Å². The summed E-state index contributed by atoms with van der Waals surface area (Å²) < 4.78 is 0. The highest BCUT2D eigenvalue weighted by Crippen LogP contribution is 2.22. The Morgan fingerprint density at radius 2 is 1.79 bits per heavy atom. The van der Waals surface area contributed by atoms with Crippen LogP contribution < -0.4 is 10.2 Å². The molecule has 2 heteroatoms. The van der Waals surface area contributed by atoms with Crippen LogP contribution in [0.2, 0.25) is 0 Å². The Kier molecular flexibility index (Phi) is 5.80. The minimum absolute atomic E-state index is 1.07. The van der Waals surface area contributed by atoms with Gasteiger partial charge >= 0.3 is 0 Å². The molecule has 1 heterocycles. The van der Waals surface area contributed by atoms with Gasteiger partial charge in [0.15, 0.2) is 0 Å². The van der Waals surface area contributed by atoms with Crippen LogP contribution in [0.25, 0.3) is 0 Å². The Labute approximate surface area is 117 Å². The molecule has 0 aromatic heterocycles. The fourth-order valence-electron chi connectivity index (χ4n) is 2.59. The highest BCUT2D eigenvalue weighted by Gasteiger charge is 2.11. The molecule has 1 aliphatic rings. The molecule has 0 amide bonds. The van der Waals surface area contributed by atoms with Crippen LogP contribution in [0.3, 0.4) is 0 Å². The molecular formula is C17H26N2. The number of anilines is 2. The summed E-state index contributed by atoms with van der Waals surface area (Å²) in [6, 6.07) is 8.89. The number of nitrogens with one attached hydrogen (secondary N) is 1. The van der Waals surface area contributed by atoms with Gasteiger partial charge in [0, 0.05) is 31.0 Å². The summed E-state index contributed by atoms with van der Waals surface area (Å²) in [5.74, 6) is 0. The first-order valence-electron chi connectivity index (χ1n) is 7.60. The summed E-state index contributed by atoms with van der Waals surface area (Å²) in [7, 11) is 0. The van der Waals surface area contributed by atoms with Crippen LogP contribution in [0.1, 0.15) is 38.5 Å². The number of unbranched alkanes of at least 4 members (excludes halogenated alkanes) is 3. The van der Waals surface area contributed by atoms with E-state index in [4.69, 9.17) is 0 Å². The predicted molar refractivity (Wildman–Crippen MR) is 85.0 cm³/mol. The van der Waals surface area contributed by atoms with E-state index in [0.29, 0.717) is 0 Å². The first kappa shape index (κ1) is 14.0. The molecule has 0 saturated carbocycles. The van der Waals surface area contributed by atoms with Crippen molar-refractivity contribution in [3.05, 3.63) is 36.9 Å². The van der Waals surface area contributed by atoms with Crippen LogP contribution in [0.15, 0.2) is 36.9 Å². The van der Waals surface area contributed by atoms with Crippen molar-refractivity contribution in [2.75, 3.05) is 29.9 Å². The van der Waals surface area contributed by atoms with E-state index in [0.717, 1.165) is 13.0 Å². The van der Waals surface area contributed by atoms with Gasteiger partial charge in [-0.1, -0.05) is 12.5 Å². The van der Waals surface area contributed by atoms with Crippen LogP contribution in [-0.4, -0.2) is 19.6 Å². The summed E-state index contributed by atoms with van der Waals surface area (Å²) in [4.78, 5) is 2.47. The molecule has 1 fully saturated rings. The maximum absolute atomic E-state index is 3.75. The highest BCUT2D eigenvalue weighted by atomic mass is 15.1. The minimum atomic E-state index is 1.07. The number of rotatable bonds is 8. The molecule has 1 N–H and O–H groups in total. The highest BCUT2D eigenvalue weighted by molar-refractivity contribution is 5.55. The van der Waals surface area contributed by atoms with Crippen molar-refractivity contribution >= 4 is 11.4 Å². The van der Waals surface area contributed by atoms with Crippen LogP contribution in [0, 0.1) is 0 Å². The number of hydrogen-bond acceptors (Lipinski definition) is 2. The second-order valence-electron chi connectivity index (χ2n) is 5.31. The molecule has 0 unspecified atom stereocenters. The van der Waals surface area contributed by atoms with Crippen LogP contribution in [0.4, 0.5) is 11.4 Å². The lowest BCUT2D eigenvalue weighted by Gasteiger charge is -2.18. The first-order valence-corrected chi connectivity index (χ1v) is 7.60. The summed E-state index contributed by atoms with van der Waals surface area (Å²) in [6.07, 6.45) is 9.61. The van der Waals surface area contributed by atoms with E-state index in [-0.39, 0.29) is 0 Å². The number of hydrogen-bond donors (Lipinski definition) is 1. The van der Waals surface area contributed by atoms with Gasteiger partial charge in [-0.05, 0) is 56.4 Å². The van der Waals surface area contributed by atoms with Gasteiger partial charge in [-0.25, -0.2) is 0 Å². The quantitative estimate of drug-likeness (QED) is 0.547. The molecule has 0 spiro atoms. The van der Waals surface area contributed by atoms with Crippen molar-refractivity contribution in [1.82, 2.24) is 0 Å². The standard InChI is InChI=1S/C17H26N2/c1-2-3-4-5-6-13-18-16-9-11-17(12-10-16)19-14-7-8-15-19/h2,9-12,18H,1,3-8,13-15H2. The summed E-state index contributed by atoms with van der Waals surface area (Å²) in [6.45, 7) is 7.25. The molecule has 2 nitrogen and oxygen atoms in total. The van der Waals surface area contributed by atoms with Gasteiger partial charge in [0.2, 0.25) is 0 Å². The molecule has 0 bridgehead atoms. The Hall–Kier alpha value is -1.44. The topological polar surface area (TPSA) is 15.3 Å². The zero-order chi connectivity index (χ0) is 13.3. The van der Waals surface area contributed by atoms with Gasteiger partial charge < -0.3 is 10.2 Å². The van der Waals surface area contributed by atoms with Crippen molar-refractivity contribution in [3.8, 4) is 0 Å². The number of benzene rings is 1. The minimum Gasteiger partial charge on any atom is -0.385 e. The van der Waals surface area contributed by atoms with E-state index in [2.05, 4.69) is 41.1 Å². The lowest BCUT2D eigenvalue weighted by atomic mass is 10.2. The van der Waals surface area contributed by atoms with Crippen LogP contribution in [0.5, 0.6) is 0 Å². The zero-order valence-electron chi connectivity index (χ0n) is 11.9. The van der Waals surface area contributed by atoms with E-state index < -0.39 is 0 Å². The molecule has 0 radical (unpaired) electrons. The number of allylic oxidation sites excluding steroid dienone is 1. The number of nitrogens with zero attached hydrogens (tertiary/aromatic N) is 1. The Bertz CT molecular complexity index is 363. The first-order chi connectivity index (χ1) is 9.40. The molecule has 104 valence electrons. The molecule has 0 aliphatic carbocycles. The molecule has 1 aromatic rings. The van der Waals surface area contributed by atoms with Crippen molar-refractivity contribution in [3.63, 3.8) is 0 Å². The summed E-state index contributed by atoms with van der Waals surface area (Å²) >= 11 is 0. The second-order valence-corrected chi connectivity index (χ2v) is 5.31. The largest absolute Gasteiger partial charge is 0.385 e. The van der Waals surface area contributed by atoms with Crippen molar-refractivity contribution < 1.29 is 0 Å². The molecule has 1 aliphatic heterocycles. The van der Waals surface area contributed by atoms with Crippen molar-refractivity contribution in [2.24, 2.45) is 0 Å². The molecule has 0 atom stereocenters. The Balaban J connectivity index is 1.68. The SMILES string of the molecule is C=CCCCCCNc1ccc(N2CCCC2)cc1. The van der Waals surface area contributed by atoms with Crippen molar-refractivity contribution in [2.45, 2.75) is 38.5 Å². The lowest BCUT2D eigenvalue weighted by Crippen LogP contribution is -2.17. The van der Waals surface area contributed by atoms with E-state index in [1.165, 1.54) is 56.6 Å². The Morgan fingerprint density at radius 1 is 1.05 bits per heavy atom. The molecular weight excluding hydrogens is 232 g/mol. The molecule has 1 saturated heterocycles. The Morgan fingerprint density at radius 3 is 2.47 bits per heavy atom. The molecule has 19 heavy (non-hydrogen) atoms. The monoisotopic (exact) mass is 258 g/mol. The average molecular weight is 258 g/mol. The molecule has 1 aromatic carbocycles. The molecule has 2 rings (SSSR count). The van der Waals surface area contributed by atoms with Gasteiger partial charge in [0.1, 0.15) is 0 Å². The predicted octanol–water partition coefficient (Wildman–Crippen LogP) is 4.45. The van der Waals surface area contributed by atoms with Crippen LogP contribution in [-0.2, 0) is 0 Å². The maximum Gasteiger partial charge on any atom is 0.0367 e. The van der Waals surface area contributed by atoms with Gasteiger partial charge in [0.25, 0.3) is 0 Å². The third-order valence-electron chi connectivity index (χ3n) is 3.75. The normalized spacial score (nSPS) is 14.6. The van der Waals surface area contributed by atoms with Gasteiger partial charge in [-0.3, -0.25) is 0 Å². The lowest BCUT2D eigenvalue weighted by molar-refractivity contribution is 0.709. The second kappa shape index (κ2) is 7.88. The third-order valence-corrected chi connectivity index (χ3v) is 3.75. The van der Waals surface area contributed by atoms with Crippen molar-refractivity contribution in [1.29, 1.82) is 0 Å². The van der Waals surface area contributed by atoms with Crippen LogP contribution >= 0.6 is 0 Å². The third kappa shape index (κ3) is 4.62. The van der Waals surface area contributed by atoms with E-state index >= 15 is 0 Å². The maximum atomic E-state index is 3.75. The fraction of sp³-hybridized carbons (Fsp3) is 0.529. The average Bonchev–Trinajstić information content (AvgIpc) is 2.97. The fourth-order valence-corrected chi connectivity index (χ4v) is 2.59. The smallest absolute Gasteiger partial charge is 0.0367 e. The zero-order valence-corrected chi connectivity index (χ0v) is 11.9. The van der Waals surface area contributed by atoms with Gasteiger partial charge in [-0.2, -0.15) is 0 Å². The van der Waals surface area contributed by atoms with Gasteiger partial charge in [-0.15, -0.1) is 6.58 Å². The summed E-state index contributed by atoms with van der Waals surface area (Å²) in [5, 5.41) is 3.50. The van der Waals surface area contributed by atoms with E-state index in [9.17, 15) is 0 Å². The van der Waals surface area contributed by atoms with E-state index in [1.807, 2.05) is 6.08 Å². The van der Waals surface area contributed by atoms with Gasteiger partial charge in [0.05, 0.1) is 0 Å².